The average Bonchev–Trinajstić information content (AvgIpc) is 2.65. The Hall–Kier alpha value is -1.89. The van der Waals surface area contributed by atoms with Gasteiger partial charge in [-0.2, -0.15) is 0 Å². The maximum atomic E-state index is 11.5. The van der Waals surface area contributed by atoms with Crippen LogP contribution in [0.25, 0.3) is 0 Å². The van der Waals surface area contributed by atoms with E-state index >= 15 is 0 Å². The summed E-state index contributed by atoms with van der Waals surface area (Å²) in [7, 11) is 0. The fraction of sp³-hybridized carbons (Fsp3) is 0.500. The van der Waals surface area contributed by atoms with Gasteiger partial charge in [-0.3, -0.25) is 14.4 Å². The van der Waals surface area contributed by atoms with Crippen LogP contribution in [0, 0.1) is 5.92 Å². The van der Waals surface area contributed by atoms with E-state index < -0.39 is 29.7 Å². The molecule has 1 rings (SSSR count). The first-order valence-electron chi connectivity index (χ1n) is 5.15. The summed E-state index contributed by atoms with van der Waals surface area (Å²) in [4.78, 5) is 32.7. The van der Waals surface area contributed by atoms with E-state index in [2.05, 4.69) is 5.32 Å². The van der Waals surface area contributed by atoms with Crippen LogP contribution in [-0.4, -0.2) is 35.0 Å². The van der Waals surface area contributed by atoms with Crippen molar-refractivity contribution in [3.63, 3.8) is 0 Å². The van der Waals surface area contributed by atoms with Gasteiger partial charge in [0.2, 0.25) is 11.8 Å². The SMILES string of the molecule is NC(=O)CC(N)C(=O)NC1C=CC(C(=O)O)C1. The van der Waals surface area contributed by atoms with Crippen LogP contribution in [-0.2, 0) is 14.4 Å². The quantitative estimate of drug-likeness (QED) is 0.427. The normalized spacial score (nSPS) is 24.3. The molecular weight excluding hydrogens is 226 g/mol. The summed E-state index contributed by atoms with van der Waals surface area (Å²) in [5, 5.41) is 11.3. The van der Waals surface area contributed by atoms with Crippen LogP contribution in [0.4, 0.5) is 0 Å². The van der Waals surface area contributed by atoms with Crippen molar-refractivity contribution in [1.29, 1.82) is 0 Å². The maximum Gasteiger partial charge on any atom is 0.310 e. The summed E-state index contributed by atoms with van der Waals surface area (Å²) in [6.45, 7) is 0. The molecule has 7 nitrogen and oxygen atoms in total. The number of rotatable bonds is 5. The van der Waals surface area contributed by atoms with E-state index in [0.29, 0.717) is 6.42 Å². The number of hydrogen-bond donors (Lipinski definition) is 4. The highest BCUT2D eigenvalue weighted by Crippen LogP contribution is 2.17. The van der Waals surface area contributed by atoms with E-state index in [9.17, 15) is 14.4 Å². The van der Waals surface area contributed by atoms with Gasteiger partial charge in [-0.1, -0.05) is 12.2 Å². The summed E-state index contributed by atoms with van der Waals surface area (Å²) in [6.07, 6.45) is 3.19. The number of amides is 2. The zero-order valence-electron chi connectivity index (χ0n) is 9.13. The molecule has 0 aromatic heterocycles. The van der Waals surface area contributed by atoms with E-state index in [4.69, 9.17) is 16.6 Å². The van der Waals surface area contributed by atoms with E-state index in [-0.39, 0.29) is 12.5 Å². The Balaban J connectivity index is 2.41. The highest BCUT2D eigenvalue weighted by Gasteiger charge is 2.26. The number of aliphatic carboxylic acids is 1. The topological polar surface area (TPSA) is 136 Å². The lowest BCUT2D eigenvalue weighted by atomic mass is 10.1. The molecule has 0 aromatic carbocycles. The van der Waals surface area contributed by atoms with Crippen molar-refractivity contribution in [3.05, 3.63) is 12.2 Å². The Labute approximate surface area is 97.8 Å². The van der Waals surface area contributed by atoms with Gasteiger partial charge >= 0.3 is 5.97 Å². The predicted octanol–water partition coefficient (Wildman–Crippen LogP) is -1.67. The van der Waals surface area contributed by atoms with Crippen LogP contribution in [0.2, 0.25) is 0 Å². The molecular formula is C10H15N3O4. The molecule has 1 aliphatic carbocycles. The molecule has 0 radical (unpaired) electrons. The average molecular weight is 241 g/mol. The Morgan fingerprint density at radius 2 is 2.06 bits per heavy atom. The molecule has 0 saturated heterocycles. The van der Waals surface area contributed by atoms with Crippen molar-refractivity contribution >= 4 is 17.8 Å². The number of carboxylic acids is 1. The van der Waals surface area contributed by atoms with Gasteiger partial charge < -0.3 is 21.9 Å². The molecule has 0 fully saturated rings. The fourth-order valence-corrected chi connectivity index (χ4v) is 1.59. The van der Waals surface area contributed by atoms with Gasteiger partial charge in [-0.25, -0.2) is 0 Å². The fourth-order valence-electron chi connectivity index (χ4n) is 1.59. The lowest BCUT2D eigenvalue weighted by Gasteiger charge is -2.15. The Morgan fingerprint density at radius 3 is 2.53 bits per heavy atom. The van der Waals surface area contributed by atoms with Crippen LogP contribution >= 0.6 is 0 Å². The molecule has 0 saturated carbocycles. The maximum absolute atomic E-state index is 11.5. The highest BCUT2D eigenvalue weighted by atomic mass is 16.4. The third-order valence-electron chi connectivity index (χ3n) is 2.49. The van der Waals surface area contributed by atoms with Crippen LogP contribution in [0.3, 0.4) is 0 Å². The number of carboxylic acid groups (broad SMARTS) is 1. The van der Waals surface area contributed by atoms with Gasteiger partial charge in [-0.15, -0.1) is 0 Å². The van der Waals surface area contributed by atoms with Gasteiger partial charge in [0, 0.05) is 6.04 Å². The monoisotopic (exact) mass is 241 g/mol. The van der Waals surface area contributed by atoms with Crippen molar-refractivity contribution in [2.75, 3.05) is 0 Å². The second-order valence-corrected chi connectivity index (χ2v) is 3.96. The molecule has 2 amide bonds. The molecule has 17 heavy (non-hydrogen) atoms. The lowest BCUT2D eigenvalue weighted by Crippen LogP contribution is -2.46. The minimum Gasteiger partial charge on any atom is -0.481 e. The predicted molar refractivity (Wildman–Crippen MR) is 58.6 cm³/mol. The first-order valence-corrected chi connectivity index (χ1v) is 5.15. The van der Waals surface area contributed by atoms with Crippen LogP contribution in [0.5, 0.6) is 0 Å². The van der Waals surface area contributed by atoms with E-state index in [1.165, 1.54) is 6.08 Å². The number of nitrogens with one attached hydrogen (secondary N) is 1. The van der Waals surface area contributed by atoms with Gasteiger partial charge in [-0.05, 0) is 6.42 Å². The third-order valence-corrected chi connectivity index (χ3v) is 2.49. The minimum absolute atomic E-state index is 0.232. The molecule has 0 bridgehead atoms. The molecule has 0 heterocycles. The zero-order valence-corrected chi connectivity index (χ0v) is 9.13. The Bertz CT molecular complexity index is 367. The molecule has 7 heteroatoms. The Morgan fingerprint density at radius 1 is 1.41 bits per heavy atom. The molecule has 3 atom stereocenters. The van der Waals surface area contributed by atoms with Crippen molar-refractivity contribution in [1.82, 2.24) is 5.32 Å². The van der Waals surface area contributed by atoms with Crippen LogP contribution in [0.1, 0.15) is 12.8 Å². The minimum atomic E-state index is -0.996. The second-order valence-electron chi connectivity index (χ2n) is 3.96. The molecule has 0 spiro atoms. The second kappa shape index (κ2) is 5.44. The number of primary amides is 1. The summed E-state index contributed by atoms with van der Waals surface area (Å²) < 4.78 is 0. The third kappa shape index (κ3) is 3.87. The molecule has 94 valence electrons. The standard InChI is InChI=1S/C10H15N3O4/c11-7(4-8(12)14)9(15)13-6-2-1-5(3-6)10(16)17/h1-2,5-7H,3-4,11H2,(H2,12,14)(H,13,15)(H,16,17). The highest BCUT2D eigenvalue weighted by molar-refractivity contribution is 5.88. The smallest absolute Gasteiger partial charge is 0.310 e. The van der Waals surface area contributed by atoms with Gasteiger partial charge in [0.15, 0.2) is 0 Å². The number of nitrogens with two attached hydrogens (primary N) is 2. The molecule has 0 aromatic rings. The van der Waals surface area contributed by atoms with Crippen molar-refractivity contribution in [3.8, 4) is 0 Å². The van der Waals surface area contributed by atoms with Crippen molar-refractivity contribution in [2.24, 2.45) is 17.4 Å². The van der Waals surface area contributed by atoms with E-state index in [0.717, 1.165) is 0 Å². The first-order chi connectivity index (χ1) is 7.90. The molecule has 6 N–H and O–H groups in total. The first kappa shape index (κ1) is 13.2. The number of carbonyl (C=O) groups excluding carboxylic acids is 2. The van der Waals surface area contributed by atoms with E-state index in [1.54, 1.807) is 6.08 Å². The largest absolute Gasteiger partial charge is 0.481 e. The Kier molecular flexibility index (Phi) is 4.22. The molecule has 1 aliphatic rings. The summed E-state index contributed by atoms with van der Waals surface area (Å²) in [5.74, 6) is -2.69. The van der Waals surface area contributed by atoms with Crippen molar-refractivity contribution < 1.29 is 19.5 Å². The molecule has 0 aliphatic heterocycles. The lowest BCUT2D eigenvalue weighted by molar-refractivity contribution is -0.140. The van der Waals surface area contributed by atoms with Crippen LogP contribution in [0.15, 0.2) is 12.2 Å². The summed E-state index contributed by atoms with van der Waals surface area (Å²) in [6, 6.07) is -1.35. The van der Waals surface area contributed by atoms with Gasteiger partial charge in [0.25, 0.3) is 0 Å². The van der Waals surface area contributed by atoms with Gasteiger partial charge in [0.05, 0.1) is 18.4 Å². The van der Waals surface area contributed by atoms with E-state index in [1.807, 2.05) is 0 Å². The van der Waals surface area contributed by atoms with Crippen molar-refractivity contribution in [2.45, 2.75) is 24.9 Å². The summed E-state index contributed by atoms with van der Waals surface area (Å²) >= 11 is 0. The van der Waals surface area contributed by atoms with Crippen LogP contribution < -0.4 is 16.8 Å². The summed E-state index contributed by atoms with van der Waals surface area (Å²) in [5.41, 5.74) is 10.3. The number of hydrogen-bond acceptors (Lipinski definition) is 4. The molecule has 3 unspecified atom stereocenters. The number of carbonyl (C=O) groups is 3. The zero-order chi connectivity index (χ0) is 13.0. The van der Waals surface area contributed by atoms with Gasteiger partial charge in [0.1, 0.15) is 0 Å².